The van der Waals surface area contributed by atoms with Crippen LogP contribution in [0.4, 0.5) is 8.78 Å². The highest BCUT2D eigenvalue weighted by Gasteiger charge is 2.62. The minimum absolute atomic E-state index is 0.136. The van der Waals surface area contributed by atoms with Gasteiger partial charge in [0.25, 0.3) is 5.92 Å². The number of carbonyl (C=O) groups is 1. The van der Waals surface area contributed by atoms with Gasteiger partial charge in [0.1, 0.15) is 5.60 Å². The van der Waals surface area contributed by atoms with Crippen LogP contribution in [0.1, 0.15) is 34.1 Å². The molecule has 0 amide bonds. The molecule has 0 saturated heterocycles. The van der Waals surface area contributed by atoms with Crippen molar-refractivity contribution in [2.24, 2.45) is 16.3 Å². The summed E-state index contributed by atoms with van der Waals surface area (Å²) in [6, 6.07) is 0. The van der Waals surface area contributed by atoms with E-state index in [9.17, 15) is 18.7 Å². The average Bonchev–Trinajstić information content (AvgIpc) is 2.25. The van der Waals surface area contributed by atoms with Gasteiger partial charge in [-0.2, -0.15) is 0 Å². The maximum atomic E-state index is 14.5. The summed E-state index contributed by atoms with van der Waals surface area (Å²) in [5, 5.41) is 9.36. The van der Waals surface area contributed by atoms with Gasteiger partial charge in [-0.1, -0.05) is 13.0 Å². The Kier molecular flexibility index (Phi) is 4.60. The summed E-state index contributed by atoms with van der Waals surface area (Å²) < 4.78 is 34.3. The number of hydrogen-bond donors (Lipinski definition) is 1. The Morgan fingerprint density at radius 3 is 2.52 bits per heavy atom. The molecule has 1 heterocycles. The number of hydrogen-bond acceptors (Lipinski definition) is 3. The summed E-state index contributed by atoms with van der Waals surface area (Å²) in [5.41, 5.74) is -3.10. The minimum atomic E-state index is -3.61. The van der Waals surface area contributed by atoms with Gasteiger partial charge >= 0.3 is 5.97 Å². The van der Waals surface area contributed by atoms with Crippen LogP contribution in [0.2, 0.25) is 0 Å². The second-order valence-corrected chi connectivity index (χ2v) is 6.18. The molecule has 0 saturated carbocycles. The molecule has 0 aliphatic carbocycles. The van der Waals surface area contributed by atoms with E-state index in [1.54, 1.807) is 20.8 Å². The summed E-state index contributed by atoms with van der Waals surface area (Å²) >= 11 is 0. The van der Waals surface area contributed by atoms with Gasteiger partial charge in [-0.25, -0.2) is 13.8 Å². The van der Waals surface area contributed by atoms with Crippen molar-refractivity contribution in [1.29, 1.82) is 0 Å². The molecule has 0 aromatic rings. The second kappa shape index (κ2) is 5.58. The molecule has 0 aromatic carbocycles. The van der Waals surface area contributed by atoms with Gasteiger partial charge in [-0.3, -0.25) is 4.79 Å². The molecule has 0 radical (unpaired) electrons. The number of nitrogens with zero attached hydrogens (tertiary/aromatic N) is 1. The quantitative estimate of drug-likeness (QED) is 0.789. The largest absolute Gasteiger partial charge is 0.480 e. The van der Waals surface area contributed by atoms with Gasteiger partial charge in [-0.05, 0) is 33.1 Å². The Morgan fingerprint density at radius 1 is 1.57 bits per heavy atom. The van der Waals surface area contributed by atoms with E-state index < -0.39 is 28.8 Å². The standard InChI is InChI=1S/C15H21F2NO3/c1-6-7-10(2)14(12(19)20)9-18-11(8-15(14,16)17)21-13(3,4)5/h6,8-10H,1,7H2,2-5H3,(H,19,20). The number of carboxylic acids is 1. The van der Waals surface area contributed by atoms with Crippen molar-refractivity contribution in [3.05, 3.63) is 24.6 Å². The Hall–Kier alpha value is -1.72. The lowest BCUT2D eigenvalue weighted by atomic mass is 9.69. The van der Waals surface area contributed by atoms with E-state index in [1.807, 2.05) is 0 Å². The number of rotatable bonds is 5. The first-order chi connectivity index (χ1) is 9.46. The maximum Gasteiger partial charge on any atom is 0.321 e. The van der Waals surface area contributed by atoms with Crippen molar-refractivity contribution < 1.29 is 23.4 Å². The van der Waals surface area contributed by atoms with Crippen LogP contribution in [0, 0.1) is 11.3 Å². The normalized spacial score (nSPS) is 25.9. The zero-order valence-corrected chi connectivity index (χ0v) is 12.7. The first-order valence-electron chi connectivity index (χ1n) is 6.65. The fourth-order valence-electron chi connectivity index (χ4n) is 2.23. The predicted octanol–water partition coefficient (Wildman–Crippen LogP) is 3.65. The van der Waals surface area contributed by atoms with Gasteiger partial charge in [0.05, 0.1) is 0 Å². The molecule has 2 unspecified atom stereocenters. The van der Waals surface area contributed by atoms with Crippen LogP contribution < -0.4 is 0 Å². The third-order valence-corrected chi connectivity index (χ3v) is 3.31. The van der Waals surface area contributed by atoms with Crippen molar-refractivity contribution >= 4 is 12.2 Å². The van der Waals surface area contributed by atoms with E-state index in [-0.39, 0.29) is 12.3 Å². The molecule has 1 aliphatic heterocycles. The number of halogens is 2. The number of carboxylic acid groups (broad SMARTS) is 1. The SMILES string of the molecule is C=CCC(C)C1(C(=O)O)C=NC(OC(C)(C)C)=CC1(F)F. The van der Waals surface area contributed by atoms with Crippen LogP contribution in [0.5, 0.6) is 0 Å². The molecule has 2 atom stereocenters. The summed E-state index contributed by atoms with van der Waals surface area (Å²) in [5.74, 6) is -6.35. The zero-order chi connectivity index (χ0) is 16.5. The van der Waals surface area contributed by atoms with Crippen molar-refractivity contribution in [3.8, 4) is 0 Å². The van der Waals surface area contributed by atoms with Crippen molar-refractivity contribution in [1.82, 2.24) is 0 Å². The number of ether oxygens (including phenoxy) is 1. The van der Waals surface area contributed by atoms with Crippen LogP contribution in [0.15, 0.2) is 29.6 Å². The summed E-state index contributed by atoms with van der Waals surface area (Å²) in [7, 11) is 0. The second-order valence-electron chi connectivity index (χ2n) is 6.18. The summed E-state index contributed by atoms with van der Waals surface area (Å²) in [6.07, 6.45) is 2.85. The van der Waals surface area contributed by atoms with Gasteiger partial charge in [0, 0.05) is 12.3 Å². The fraction of sp³-hybridized carbons (Fsp3) is 0.600. The van der Waals surface area contributed by atoms with E-state index in [2.05, 4.69) is 11.6 Å². The number of allylic oxidation sites excluding steroid dienone is 2. The minimum Gasteiger partial charge on any atom is -0.480 e. The molecule has 4 nitrogen and oxygen atoms in total. The van der Waals surface area contributed by atoms with Gasteiger partial charge < -0.3 is 9.84 Å². The third kappa shape index (κ3) is 3.31. The highest BCUT2D eigenvalue weighted by Crippen LogP contribution is 2.47. The molecular weight excluding hydrogens is 280 g/mol. The highest BCUT2D eigenvalue weighted by molar-refractivity contribution is 5.97. The topological polar surface area (TPSA) is 58.9 Å². The average molecular weight is 301 g/mol. The predicted molar refractivity (Wildman–Crippen MR) is 76.4 cm³/mol. The van der Waals surface area contributed by atoms with Crippen LogP contribution >= 0.6 is 0 Å². The zero-order valence-electron chi connectivity index (χ0n) is 12.7. The fourth-order valence-corrected chi connectivity index (χ4v) is 2.23. The third-order valence-electron chi connectivity index (χ3n) is 3.31. The van der Waals surface area contributed by atoms with Crippen molar-refractivity contribution in [3.63, 3.8) is 0 Å². The van der Waals surface area contributed by atoms with Crippen LogP contribution in [-0.4, -0.2) is 28.8 Å². The molecule has 1 N–H and O–H groups in total. The lowest BCUT2D eigenvalue weighted by Crippen LogP contribution is -2.54. The number of alkyl halides is 2. The monoisotopic (exact) mass is 301 g/mol. The molecule has 0 spiro atoms. The highest BCUT2D eigenvalue weighted by atomic mass is 19.3. The van der Waals surface area contributed by atoms with Crippen molar-refractivity contribution in [2.45, 2.75) is 45.6 Å². The lowest BCUT2D eigenvalue weighted by molar-refractivity contribution is -0.165. The summed E-state index contributed by atoms with van der Waals surface area (Å²) in [4.78, 5) is 15.3. The molecule has 1 rings (SSSR count). The van der Waals surface area contributed by atoms with E-state index in [4.69, 9.17) is 4.74 Å². The molecule has 6 heteroatoms. The van der Waals surface area contributed by atoms with Crippen LogP contribution in [0.25, 0.3) is 0 Å². The van der Waals surface area contributed by atoms with Crippen LogP contribution in [0.3, 0.4) is 0 Å². The Bertz CT molecular complexity index is 492. The van der Waals surface area contributed by atoms with E-state index in [0.717, 1.165) is 6.21 Å². The van der Waals surface area contributed by atoms with E-state index in [1.165, 1.54) is 13.0 Å². The first-order valence-corrected chi connectivity index (χ1v) is 6.65. The number of aliphatic imine (C=N–C) groups is 1. The smallest absolute Gasteiger partial charge is 0.321 e. The van der Waals surface area contributed by atoms with Gasteiger partial charge in [0.15, 0.2) is 5.41 Å². The van der Waals surface area contributed by atoms with E-state index >= 15 is 0 Å². The van der Waals surface area contributed by atoms with Gasteiger partial charge in [-0.15, -0.1) is 6.58 Å². The Morgan fingerprint density at radius 2 is 2.14 bits per heavy atom. The Labute approximate surface area is 123 Å². The van der Waals surface area contributed by atoms with E-state index in [0.29, 0.717) is 6.08 Å². The molecule has 0 bridgehead atoms. The molecule has 118 valence electrons. The number of aliphatic carboxylic acids is 1. The molecule has 21 heavy (non-hydrogen) atoms. The van der Waals surface area contributed by atoms with Gasteiger partial charge in [0.2, 0.25) is 5.88 Å². The molecule has 0 aromatic heterocycles. The van der Waals surface area contributed by atoms with Crippen molar-refractivity contribution in [2.75, 3.05) is 0 Å². The first kappa shape index (κ1) is 17.3. The molecular formula is C15H21F2NO3. The molecule has 1 aliphatic rings. The maximum absolute atomic E-state index is 14.5. The van der Waals surface area contributed by atoms with Crippen LogP contribution in [-0.2, 0) is 9.53 Å². The Balaban J connectivity index is 3.25. The summed E-state index contributed by atoms with van der Waals surface area (Å²) in [6.45, 7) is 10.0. The molecule has 0 fully saturated rings. The lowest BCUT2D eigenvalue weighted by Gasteiger charge is -2.39.